The average molecular weight is 244 g/mol. The van der Waals surface area contributed by atoms with Gasteiger partial charge in [0.1, 0.15) is 5.78 Å². The van der Waals surface area contributed by atoms with Crippen LogP contribution in [-0.4, -0.2) is 24.3 Å². The number of hydrogen-bond donors (Lipinski definition) is 2. The molecule has 0 bridgehead atoms. The molecule has 0 radical (unpaired) electrons. The van der Waals surface area contributed by atoms with E-state index in [0.29, 0.717) is 6.42 Å². The van der Waals surface area contributed by atoms with Crippen LogP contribution < -0.4 is 11.1 Å². The van der Waals surface area contributed by atoms with Crippen molar-refractivity contribution in [2.75, 3.05) is 6.54 Å². The lowest BCUT2D eigenvalue weighted by molar-refractivity contribution is -0.123. The first-order valence-electron chi connectivity index (χ1n) is 6.51. The lowest BCUT2D eigenvalue weighted by Crippen LogP contribution is -2.36. The van der Waals surface area contributed by atoms with E-state index in [9.17, 15) is 9.59 Å². The van der Waals surface area contributed by atoms with E-state index in [-0.39, 0.29) is 30.1 Å². The number of nitrogens with one attached hydrogen (secondary N) is 1. The summed E-state index contributed by atoms with van der Waals surface area (Å²) in [7, 11) is 0. The second-order valence-corrected chi connectivity index (χ2v) is 4.15. The Labute approximate surface area is 105 Å². The van der Waals surface area contributed by atoms with Gasteiger partial charge in [-0.05, 0) is 13.0 Å². The number of ketones is 1. The number of hydrogen-bond acceptors (Lipinski definition) is 3. The highest BCUT2D eigenvalue weighted by molar-refractivity contribution is 5.82. The highest BCUT2D eigenvalue weighted by atomic mass is 16.1. The van der Waals surface area contributed by atoms with Gasteiger partial charge in [0.2, 0.25) is 5.91 Å². The Bertz CT molecular complexity index is 215. The van der Waals surface area contributed by atoms with Crippen LogP contribution in [0.15, 0.2) is 0 Å². The van der Waals surface area contributed by atoms with E-state index in [1.165, 1.54) is 0 Å². The second kappa shape index (κ2) is 11.6. The van der Waals surface area contributed by atoms with Crippen molar-refractivity contribution < 1.29 is 9.59 Å². The maximum absolute atomic E-state index is 11.5. The van der Waals surface area contributed by atoms with Crippen LogP contribution in [0.5, 0.6) is 0 Å². The number of rotatable bonds is 8. The van der Waals surface area contributed by atoms with Crippen molar-refractivity contribution in [1.82, 2.24) is 5.32 Å². The summed E-state index contributed by atoms with van der Waals surface area (Å²) in [6, 6.07) is -0.0997. The standard InChI is InChI=1S/C11H22N2O2.C2H6/c1-4-5-13-9(7-11(12)15)6-10(14)8(2)3;1-2/h8-9,13H,4-7H2,1-3H3,(H2,12,15);1-2H3. The highest BCUT2D eigenvalue weighted by Gasteiger charge is 2.17. The van der Waals surface area contributed by atoms with E-state index in [4.69, 9.17) is 5.73 Å². The third-order valence-electron chi connectivity index (χ3n) is 2.22. The molecule has 0 saturated heterocycles. The number of nitrogens with two attached hydrogens (primary N) is 1. The van der Waals surface area contributed by atoms with Crippen molar-refractivity contribution in [3.8, 4) is 0 Å². The fourth-order valence-electron chi connectivity index (χ4n) is 1.29. The van der Waals surface area contributed by atoms with Gasteiger partial charge >= 0.3 is 0 Å². The number of amides is 1. The molecule has 0 aliphatic rings. The van der Waals surface area contributed by atoms with Gasteiger partial charge in [0.15, 0.2) is 0 Å². The van der Waals surface area contributed by atoms with Crippen LogP contribution in [0.4, 0.5) is 0 Å². The molecule has 17 heavy (non-hydrogen) atoms. The molecule has 1 unspecified atom stereocenters. The Morgan fingerprint density at radius 3 is 2.06 bits per heavy atom. The van der Waals surface area contributed by atoms with E-state index in [1.54, 1.807) is 0 Å². The Hall–Kier alpha value is -0.900. The number of carbonyl (C=O) groups is 2. The van der Waals surface area contributed by atoms with E-state index in [1.807, 2.05) is 34.6 Å². The predicted molar refractivity (Wildman–Crippen MR) is 71.7 cm³/mol. The van der Waals surface area contributed by atoms with Gasteiger partial charge in [-0.2, -0.15) is 0 Å². The molecule has 4 heteroatoms. The van der Waals surface area contributed by atoms with Gasteiger partial charge < -0.3 is 11.1 Å². The van der Waals surface area contributed by atoms with Crippen molar-refractivity contribution in [1.29, 1.82) is 0 Å². The van der Waals surface area contributed by atoms with Crippen molar-refractivity contribution in [2.24, 2.45) is 11.7 Å². The molecule has 0 spiro atoms. The minimum atomic E-state index is -0.361. The molecule has 1 amide bonds. The zero-order chi connectivity index (χ0) is 13.8. The number of primary amides is 1. The quantitative estimate of drug-likeness (QED) is 0.684. The molecular weight excluding hydrogens is 216 g/mol. The predicted octanol–water partition coefficient (Wildman–Crippen LogP) is 1.87. The minimum absolute atomic E-state index is 0.0174. The van der Waals surface area contributed by atoms with Gasteiger partial charge in [-0.15, -0.1) is 0 Å². The van der Waals surface area contributed by atoms with Crippen LogP contribution >= 0.6 is 0 Å². The number of Topliss-reactive ketones (excluding diaryl/α,β-unsaturated/α-hetero) is 1. The van der Waals surface area contributed by atoms with Crippen LogP contribution in [0.2, 0.25) is 0 Å². The maximum atomic E-state index is 11.5. The second-order valence-electron chi connectivity index (χ2n) is 4.15. The maximum Gasteiger partial charge on any atom is 0.218 e. The summed E-state index contributed by atoms with van der Waals surface area (Å²) >= 11 is 0. The van der Waals surface area contributed by atoms with Gasteiger partial charge in [0.25, 0.3) is 0 Å². The summed E-state index contributed by atoms with van der Waals surface area (Å²) < 4.78 is 0. The summed E-state index contributed by atoms with van der Waals surface area (Å²) in [5.41, 5.74) is 5.13. The van der Waals surface area contributed by atoms with Crippen molar-refractivity contribution in [2.45, 2.75) is 59.9 Å². The van der Waals surface area contributed by atoms with Gasteiger partial charge in [-0.3, -0.25) is 9.59 Å². The highest BCUT2D eigenvalue weighted by Crippen LogP contribution is 2.05. The molecule has 0 aromatic carbocycles. The fourth-order valence-corrected chi connectivity index (χ4v) is 1.29. The van der Waals surface area contributed by atoms with Crippen molar-refractivity contribution >= 4 is 11.7 Å². The molecule has 0 aliphatic carbocycles. The van der Waals surface area contributed by atoms with Crippen molar-refractivity contribution in [3.63, 3.8) is 0 Å². The van der Waals surface area contributed by atoms with E-state index >= 15 is 0 Å². The summed E-state index contributed by atoms with van der Waals surface area (Å²) in [5, 5.41) is 3.16. The first kappa shape index (κ1) is 18.5. The Balaban J connectivity index is 0. The minimum Gasteiger partial charge on any atom is -0.370 e. The molecule has 0 heterocycles. The molecular formula is C13H28N2O2. The van der Waals surface area contributed by atoms with Crippen molar-refractivity contribution in [3.05, 3.63) is 0 Å². The lowest BCUT2D eigenvalue weighted by Gasteiger charge is -2.17. The molecule has 0 aliphatic heterocycles. The molecule has 0 saturated carbocycles. The monoisotopic (exact) mass is 244 g/mol. The normalized spacial score (nSPS) is 11.6. The third-order valence-corrected chi connectivity index (χ3v) is 2.22. The SMILES string of the molecule is CC.CCCNC(CC(N)=O)CC(=O)C(C)C. The zero-order valence-corrected chi connectivity index (χ0v) is 11.9. The third kappa shape index (κ3) is 11.4. The van der Waals surface area contributed by atoms with E-state index in [0.717, 1.165) is 13.0 Å². The molecule has 0 fully saturated rings. The largest absolute Gasteiger partial charge is 0.370 e. The van der Waals surface area contributed by atoms with Crippen LogP contribution in [0, 0.1) is 5.92 Å². The molecule has 3 N–H and O–H groups in total. The first-order valence-corrected chi connectivity index (χ1v) is 6.51. The topological polar surface area (TPSA) is 72.2 Å². The molecule has 0 aromatic heterocycles. The van der Waals surface area contributed by atoms with Crippen LogP contribution in [0.3, 0.4) is 0 Å². The van der Waals surface area contributed by atoms with E-state index < -0.39 is 0 Å². The van der Waals surface area contributed by atoms with Crippen LogP contribution in [0.1, 0.15) is 53.9 Å². The summed E-state index contributed by atoms with van der Waals surface area (Å²) in [5.74, 6) is -0.172. The van der Waals surface area contributed by atoms with E-state index in [2.05, 4.69) is 5.32 Å². The molecule has 1 atom stereocenters. The van der Waals surface area contributed by atoms with Gasteiger partial charge in [0, 0.05) is 24.8 Å². The lowest BCUT2D eigenvalue weighted by atomic mass is 9.99. The summed E-state index contributed by atoms with van der Waals surface area (Å²) in [4.78, 5) is 22.3. The fraction of sp³-hybridized carbons (Fsp3) is 0.846. The smallest absolute Gasteiger partial charge is 0.218 e. The average Bonchev–Trinajstić information content (AvgIpc) is 2.27. The van der Waals surface area contributed by atoms with Crippen LogP contribution in [0.25, 0.3) is 0 Å². The Morgan fingerprint density at radius 1 is 1.18 bits per heavy atom. The van der Waals surface area contributed by atoms with Crippen LogP contribution in [-0.2, 0) is 9.59 Å². The summed E-state index contributed by atoms with van der Waals surface area (Å²) in [6.45, 7) is 10.6. The molecule has 0 rings (SSSR count). The molecule has 0 aromatic rings. The molecule has 4 nitrogen and oxygen atoms in total. The Morgan fingerprint density at radius 2 is 1.71 bits per heavy atom. The number of carbonyl (C=O) groups excluding carboxylic acids is 2. The first-order chi connectivity index (χ1) is 7.97. The Kier molecular flexibility index (Phi) is 12.6. The summed E-state index contributed by atoms with van der Waals surface area (Å²) in [6.07, 6.45) is 1.60. The van der Waals surface area contributed by atoms with Gasteiger partial charge in [0.05, 0.1) is 0 Å². The van der Waals surface area contributed by atoms with Gasteiger partial charge in [-0.25, -0.2) is 0 Å². The zero-order valence-electron chi connectivity index (χ0n) is 11.9. The van der Waals surface area contributed by atoms with Gasteiger partial charge in [-0.1, -0.05) is 34.6 Å². The molecule has 102 valence electrons.